The number of carbonyl (C=O) groups is 3. The highest BCUT2D eigenvalue weighted by atomic mass is 32.2. The molecule has 2 aliphatic heterocycles. The van der Waals surface area contributed by atoms with E-state index in [1.165, 1.54) is 28.4 Å². The Morgan fingerprint density at radius 3 is 2.97 bits per heavy atom. The quantitative estimate of drug-likeness (QED) is 0.301. The van der Waals surface area contributed by atoms with Crippen LogP contribution >= 0.6 is 23.5 Å². The molecule has 1 fully saturated rings. The van der Waals surface area contributed by atoms with Gasteiger partial charge in [0.2, 0.25) is 5.91 Å². The molecule has 4 rings (SSSR count). The molecule has 1 saturated heterocycles. The number of amides is 2. The van der Waals surface area contributed by atoms with Crippen molar-refractivity contribution in [3.63, 3.8) is 0 Å². The first-order chi connectivity index (χ1) is 13.9. The number of aliphatic carboxylic acids is 1. The Balaban J connectivity index is 1.53. The molecular weight excluding hydrogens is 416 g/mol. The molecule has 0 unspecified atom stereocenters. The average Bonchev–Trinajstić information content (AvgIpc) is 3.08. The first-order valence-electron chi connectivity index (χ1n) is 8.51. The number of nitrogens with zero attached hydrogens (tertiary/aromatic N) is 4. The van der Waals surface area contributed by atoms with Crippen molar-refractivity contribution in [1.82, 2.24) is 14.5 Å². The third kappa shape index (κ3) is 3.50. The van der Waals surface area contributed by atoms with Gasteiger partial charge in [0.1, 0.15) is 22.6 Å². The van der Waals surface area contributed by atoms with Crippen molar-refractivity contribution < 1.29 is 24.1 Å². The fourth-order valence-electron chi connectivity index (χ4n) is 3.18. The molecule has 2 amide bonds. The highest BCUT2D eigenvalue weighted by Crippen LogP contribution is 2.39. The Kier molecular flexibility index (Phi) is 5.06. The second-order valence-corrected chi connectivity index (χ2v) is 8.42. The Morgan fingerprint density at radius 2 is 2.24 bits per heavy atom. The summed E-state index contributed by atoms with van der Waals surface area (Å²) in [5, 5.41) is 18.0. The first-order valence-corrected chi connectivity index (χ1v) is 10.4. The van der Waals surface area contributed by atoms with Gasteiger partial charge < -0.3 is 21.4 Å². The number of hydrogen-bond donors (Lipinski definition) is 2. The van der Waals surface area contributed by atoms with E-state index in [4.69, 9.17) is 11.5 Å². The van der Waals surface area contributed by atoms with Crippen molar-refractivity contribution in [2.75, 3.05) is 5.75 Å². The molecule has 2 aromatic rings. The van der Waals surface area contributed by atoms with Crippen molar-refractivity contribution in [3.05, 3.63) is 47.3 Å². The second-order valence-electron chi connectivity index (χ2n) is 6.38. The van der Waals surface area contributed by atoms with E-state index in [9.17, 15) is 19.5 Å². The largest absolute Gasteiger partial charge is 0.543 e. The molecule has 150 valence electrons. The summed E-state index contributed by atoms with van der Waals surface area (Å²) in [6, 6.07) is 2.91. The van der Waals surface area contributed by atoms with Gasteiger partial charge >= 0.3 is 5.65 Å². The Hall–Kier alpha value is -2.83. The summed E-state index contributed by atoms with van der Waals surface area (Å²) in [6.45, 7) is 0.0578. The molecule has 0 radical (unpaired) electrons. The topological polar surface area (TPSA) is 151 Å². The Labute approximate surface area is 173 Å². The SMILES string of the molecule is NC(=O)C[n+]1ccn2nc(S/C=C/C3=C(C(=O)[O-])N4C(=O)[C@@H](N)[C@H]4SC3)ccc21. The molecule has 0 saturated carbocycles. The van der Waals surface area contributed by atoms with E-state index in [1.807, 2.05) is 0 Å². The number of imidazole rings is 1. The molecule has 2 aromatic heterocycles. The summed E-state index contributed by atoms with van der Waals surface area (Å²) in [5.74, 6) is -1.84. The lowest BCUT2D eigenvalue weighted by molar-refractivity contribution is -0.658. The zero-order valence-corrected chi connectivity index (χ0v) is 16.6. The van der Waals surface area contributed by atoms with Crippen LogP contribution in [-0.4, -0.2) is 49.5 Å². The minimum atomic E-state index is -1.40. The van der Waals surface area contributed by atoms with Gasteiger partial charge in [-0.05, 0) is 23.1 Å². The lowest BCUT2D eigenvalue weighted by Gasteiger charge is -2.49. The number of carboxylic acid groups (broad SMARTS) is 1. The van der Waals surface area contributed by atoms with E-state index in [2.05, 4.69) is 5.10 Å². The second kappa shape index (κ2) is 7.54. The van der Waals surface area contributed by atoms with Crippen LogP contribution in [0.25, 0.3) is 5.65 Å². The molecule has 10 nitrogen and oxygen atoms in total. The summed E-state index contributed by atoms with van der Waals surface area (Å²) >= 11 is 2.71. The standard InChI is InChI=1S/C17H16N6O4S2/c18-10(24)7-21-4-5-22-12(21)2-1-11(20-22)28-6-3-9-8-29-16-13(19)15(25)23(16)14(9)17(26)27/h1-6,13,16H,7-8,19H2,(H2-,18,24,26,27)/b6-3+/t13-,16-/m1/s1. The predicted octanol–water partition coefficient (Wildman–Crippen LogP) is -2.04. The van der Waals surface area contributed by atoms with Crippen molar-refractivity contribution in [3.8, 4) is 0 Å². The Bertz CT molecular complexity index is 1090. The summed E-state index contributed by atoms with van der Waals surface area (Å²) in [5.41, 5.74) is 12.0. The van der Waals surface area contributed by atoms with Crippen LogP contribution < -0.4 is 21.1 Å². The number of thioether (sulfide) groups is 2. The molecule has 2 aliphatic rings. The van der Waals surface area contributed by atoms with E-state index in [-0.39, 0.29) is 17.6 Å². The number of rotatable bonds is 6. The van der Waals surface area contributed by atoms with Crippen LogP contribution in [-0.2, 0) is 20.9 Å². The van der Waals surface area contributed by atoms with Crippen molar-refractivity contribution >= 4 is 47.0 Å². The number of carbonyl (C=O) groups excluding carboxylic acids is 3. The number of allylic oxidation sites excluding steroid dienone is 1. The van der Waals surface area contributed by atoms with E-state index < -0.39 is 23.8 Å². The summed E-state index contributed by atoms with van der Waals surface area (Å²) in [4.78, 5) is 35.8. The summed E-state index contributed by atoms with van der Waals surface area (Å²) in [6.07, 6.45) is 5.06. The fraction of sp³-hybridized carbons (Fsp3) is 0.235. The van der Waals surface area contributed by atoms with Crippen LogP contribution in [0, 0.1) is 0 Å². The molecule has 2 atom stereocenters. The van der Waals surface area contributed by atoms with Gasteiger partial charge in [0, 0.05) is 11.8 Å². The monoisotopic (exact) mass is 432 g/mol. The molecule has 12 heteroatoms. The van der Waals surface area contributed by atoms with Crippen LogP contribution in [0.4, 0.5) is 0 Å². The Morgan fingerprint density at radius 1 is 1.45 bits per heavy atom. The number of hydrogen-bond acceptors (Lipinski definition) is 8. The van der Waals surface area contributed by atoms with Gasteiger partial charge in [-0.15, -0.1) is 16.3 Å². The van der Waals surface area contributed by atoms with E-state index in [1.54, 1.807) is 45.1 Å². The predicted molar refractivity (Wildman–Crippen MR) is 103 cm³/mol. The molecule has 0 bridgehead atoms. The molecule has 0 spiro atoms. The summed E-state index contributed by atoms with van der Waals surface area (Å²) < 4.78 is 3.30. The third-order valence-corrected chi connectivity index (χ3v) is 6.57. The van der Waals surface area contributed by atoms with E-state index >= 15 is 0 Å². The molecule has 4 heterocycles. The minimum absolute atomic E-state index is 0.0578. The van der Waals surface area contributed by atoms with Gasteiger partial charge in [-0.3, -0.25) is 14.5 Å². The first kappa shape index (κ1) is 19.5. The van der Waals surface area contributed by atoms with E-state index in [0.29, 0.717) is 22.0 Å². The van der Waals surface area contributed by atoms with Gasteiger partial charge in [-0.2, -0.15) is 0 Å². The summed E-state index contributed by atoms with van der Waals surface area (Å²) in [7, 11) is 0. The fourth-order valence-corrected chi connectivity index (χ4v) is 5.10. The van der Waals surface area contributed by atoms with Crippen molar-refractivity contribution in [2.24, 2.45) is 11.5 Å². The number of carboxylic acids is 1. The van der Waals surface area contributed by atoms with Crippen molar-refractivity contribution in [1.29, 1.82) is 0 Å². The molecular formula is C17H16N6O4S2. The normalized spacial score (nSPS) is 21.6. The lowest BCUT2D eigenvalue weighted by atomic mass is 10.0. The van der Waals surface area contributed by atoms with Crippen LogP contribution in [0.3, 0.4) is 0 Å². The minimum Gasteiger partial charge on any atom is -0.543 e. The molecule has 4 N–H and O–H groups in total. The number of fused-ring (bicyclic) bond motifs is 2. The molecule has 0 aromatic carbocycles. The van der Waals surface area contributed by atoms with Crippen LogP contribution in [0.15, 0.2) is 52.3 Å². The zero-order chi connectivity index (χ0) is 20.7. The zero-order valence-electron chi connectivity index (χ0n) is 14.9. The highest BCUT2D eigenvalue weighted by Gasteiger charge is 2.49. The number of aromatic nitrogens is 3. The van der Waals surface area contributed by atoms with Crippen LogP contribution in [0.1, 0.15) is 0 Å². The smallest absolute Gasteiger partial charge is 0.307 e. The van der Waals surface area contributed by atoms with Gasteiger partial charge in [-0.1, -0.05) is 16.9 Å². The number of β-lactam (4-membered cyclic amide) rings is 1. The van der Waals surface area contributed by atoms with Gasteiger partial charge in [0.05, 0.1) is 11.7 Å². The maximum atomic E-state index is 11.9. The van der Waals surface area contributed by atoms with Crippen LogP contribution in [0.2, 0.25) is 0 Å². The highest BCUT2D eigenvalue weighted by molar-refractivity contribution is 8.02. The third-order valence-electron chi connectivity index (χ3n) is 4.51. The number of nitrogens with two attached hydrogens (primary N) is 2. The van der Waals surface area contributed by atoms with Gasteiger partial charge in [-0.25, -0.2) is 4.57 Å². The molecule has 0 aliphatic carbocycles. The number of primary amides is 1. The molecule has 29 heavy (non-hydrogen) atoms. The average molecular weight is 432 g/mol. The van der Waals surface area contributed by atoms with Gasteiger partial charge in [0.15, 0.2) is 12.7 Å². The maximum absolute atomic E-state index is 11.9. The van der Waals surface area contributed by atoms with Gasteiger partial charge in [0.25, 0.3) is 5.91 Å². The maximum Gasteiger partial charge on any atom is 0.307 e. The van der Waals surface area contributed by atoms with Crippen LogP contribution in [0.5, 0.6) is 0 Å². The lowest BCUT2D eigenvalue weighted by Crippen LogP contribution is -2.69. The van der Waals surface area contributed by atoms with E-state index in [0.717, 1.165) is 0 Å². The van der Waals surface area contributed by atoms with Crippen molar-refractivity contribution in [2.45, 2.75) is 23.0 Å².